The molecule has 0 saturated carbocycles. The first kappa shape index (κ1) is 15.1. The average Bonchev–Trinajstić information content (AvgIpc) is 2.34. The van der Waals surface area contributed by atoms with Crippen LogP contribution in [0.25, 0.3) is 0 Å². The molecule has 0 heterocycles. The molecule has 0 aliphatic carbocycles. The molecule has 0 aliphatic heterocycles. The van der Waals surface area contributed by atoms with Gasteiger partial charge in [0, 0.05) is 0 Å². The lowest BCUT2D eigenvalue weighted by atomic mass is 9.98. The SMILES string of the molecule is CC[C@H](C)[C@H](NC(=O)Cc1cccc(F)c1)C(N)=O. The Hall–Kier alpha value is -1.91. The maximum absolute atomic E-state index is 13.0. The van der Waals surface area contributed by atoms with Crippen LogP contribution in [0.15, 0.2) is 24.3 Å². The van der Waals surface area contributed by atoms with Gasteiger partial charge in [0.1, 0.15) is 11.9 Å². The van der Waals surface area contributed by atoms with E-state index in [2.05, 4.69) is 5.32 Å². The lowest BCUT2D eigenvalue weighted by molar-refractivity contribution is -0.128. The van der Waals surface area contributed by atoms with Gasteiger partial charge in [0.05, 0.1) is 6.42 Å². The quantitative estimate of drug-likeness (QED) is 0.816. The largest absolute Gasteiger partial charge is 0.368 e. The predicted molar refractivity (Wildman–Crippen MR) is 70.7 cm³/mol. The number of nitrogens with one attached hydrogen (secondary N) is 1. The molecule has 104 valence electrons. The number of halogens is 1. The Morgan fingerprint density at radius 1 is 1.42 bits per heavy atom. The highest BCUT2D eigenvalue weighted by molar-refractivity contribution is 5.87. The molecule has 1 aromatic carbocycles. The first-order valence-corrected chi connectivity index (χ1v) is 6.27. The van der Waals surface area contributed by atoms with Crippen molar-refractivity contribution < 1.29 is 14.0 Å². The van der Waals surface area contributed by atoms with Crippen LogP contribution in [-0.4, -0.2) is 17.9 Å². The molecule has 0 saturated heterocycles. The first-order chi connectivity index (χ1) is 8.93. The molecule has 1 rings (SSSR count). The minimum atomic E-state index is -0.689. The Kier molecular flexibility index (Phi) is 5.48. The van der Waals surface area contributed by atoms with E-state index < -0.39 is 17.8 Å². The number of nitrogens with two attached hydrogens (primary N) is 1. The van der Waals surface area contributed by atoms with Crippen LogP contribution in [0, 0.1) is 11.7 Å². The van der Waals surface area contributed by atoms with E-state index in [4.69, 9.17) is 5.73 Å². The molecule has 4 nitrogen and oxygen atoms in total. The number of carbonyl (C=O) groups is 2. The fourth-order valence-electron chi connectivity index (χ4n) is 1.79. The van der Waals surface area contributed by atoms with Gasteiger partial charge in [-0.05, 0) is 23.6 Å². The van der Waals surface area contributed by atoms with Gasteiger partial charge in [-0.2, -0.15) is 0 Å². The Morgan fingerprint density at radius 2 is 2.11 bits per heavy atom. The molecule has 0 aliphatic rings. The van der Waals surface area contributed by atoms with Crippen molar-refractivity contribution in [2.45, 2.75) is 32.7 Å². The first-order valence-electron chi connectivity index (χ1n) is 6.27. The van der Waals surface area contributed by atoms with Gasteiger partial charge >= 0.3 is 0 Å². The lowest BCUT2D eigenvalue weighted by Gasteiger charge is -2.21. The molecule has 0 fully saturated rings. The molecule has 1 aromatic rings. The molecule has 19 heavy (non-hydrogen) atoms. The van der Waals surface area contributed by atoms with Gasteiger partial charge in [0.2, 0.25) is 11.8 Å². The molecule has 0 unspecified atom stereocenters. The van der Waals surface area contributed by atoms with Crippen LogP contribution in [0.5, 0.6) is 0 Å². The Morgan fingerprint density at radius 3 is 2.63 bits per heavy atom. The molecule has 2 atom stereocenters. The molecular weight excluding hydrogens is 247 g/mol. The number of primary amides is 1. The van der Waals surface area contributed by atoms with Crippen molar-refractivity contribution in [3.63, 3.8) is 0 Å². The van der Waals surface area contributed by atoms with Gasteiger partial charge in [-0.3, -0.25) is 9.59 Å². The second-order valence-corrected chi connectivity index (χ2v) is 4.64. The van der Waals surface area contributed by atoms with Crippen LogP contribution >= 0.6 is 0 Å². The molecule has 5 heteroatoms. The summed E-state index contributed by atoms with van der Waals surface area (Å²) in [6.07, 6.45) is 0.756. The highest BCUT2D eigenvalue weighted by Gasteiger charge is 2.23. The summed E-state index contributed by atoms with van der Waals surface area (Å²) in [6.45, 7) is 3.76. The van der Waals surface area contributed by atoms with E-state index in [0.29, 0.717) is 5.56 Å². The number of rotatable bonds is 6. The summed E-state index contributed by atoms with van der Waals surface area (Å²) in [7, 11) is 0. The van der Waals surface area contributed by atoms with E-state index in [1.807, 2.05) is 13.8 Å². The Balaban J connectivity index is 2.65. The summed E-state index contributed by atoms with van der Waals surface area (Å²) >= 11 is 0. The van der Waals surface area contributed by atoms with Crippen LogP contribution in [0.2, 0.25) is 0 Å². The van der Waals surface area contributed by atoms with Crippen molar-refractivity contribution in [3.05, 3.63) is 35.6 Å². The number of benzene rings is 1. The predicted octanol–water partition coefficient (Wildman–Crippen LogP) is 1.38. The van der Waals surface area contributed by atoms with Crippen LogP contribution in [0.3, 0.4) is 0 Å². The van der Waals surface area contributed by atoms with Gasteiger partial charge in [0.15, 0.2) is 0 Å². The van der Waals surface area contributed by atoms with Crippen LogP contribution in [-0.2, 0) is 16.0 Å². The van der Waals surface area contributed by atoms with Crippen molar-refractivity contribution >= 4 is 11.8 Å². The summed E-state index contributed by atoms with van der Waals surface area (Å²) in [5.41, 5.74) is 5.83. The number of hydrogen-bond acceptors (Lipinski definition) is 2. The van der Waals surface area contributed by atoms with Crippen LogP contribution in [0.1, 0.15) is 25.8 Å². The minimum Gasteiger partial charge on any atom is -0.368 e. The fraction of sp³-hybridized carbons (Fsp3) is 0.429. The summed E-state index contributed by atoms with van der Waals surface area (Å²) in [6, 6.07) is 5.11. The normalized spacial score (nSPS) is 13.6. The van der Waals surface area contributed by atoms with Gasteiger partial charge in [-0.15, -0.1) is 0 Å². The average molecular weight is 266 g/mol. The second-order valence-electron chi connectivity index (χ2n) is 4.64. The van der Waals surface area contributed by atoms with E-state index in [9.17, 15) is 14.0 Å². The monoisotopic (exact) mass is 266 g/mol. The van der Waals surface area contributed by atoms with Crippen molar-refractivity contribution in [2.24, 2.45) is 11.7 Å². The van der Waals surface area contributed by atoms with Crippen molar-refractivity contribution in [1.82, 2.24) is 5.32 Å². The number of amides is 2. The van der Waals surface area contributed by atoms with E-state index in [-0.39, 0.29) is 18.2 Å². The summed E-state index contributed by atoms with van der Waals surface area (Å²) in [5, 5.41) is 2.60. The highest BCUT2D eigenvalue weighted by atomic mass is 19.1. The summed E-state index contributed by atoms with van der Waals surface area (Å²) in [5.74, 6) is -1.32. The van der Waals surface area contributed by atoms with Crippen molar-refractivity contribution in [2.75, 3.05) is 0 Å². The van der Waals surface area contributed by atoms with Gasteiger partial charge in [-0.1, -0.05) is 32.4 Å². The maximum Gasteiger partial charge on any atom is 0.240 e. The molecule has 0 spiro atoms. The van der Waals surface area contributed by atoms with E-state index >= 15 is 0 Å². The third kappa shape index (κ3) is 4.69. The molecule has 2 amide bonds. The third-order valence-corrected chi connectivity index (χ3v) is 3.09. The maximum atomic E-state index is 13.0. The zero-order valence-electron chi connectivity index (χ0n) is 11.2. The van der Waals surface area contributed by atoms with E-state index in [1.54, 1.807) is 6.07 Å². The number of carbonyl (C=O) groups excluding carboxylic acids is 2. The molecular formula is C14H19FN2O2. The van der Waals surface area contributed by atoms with Crippen molar-refractivity contribution in [3.8, 4) is 0 Å². The smallest absolute Gasteiger partial charge is 0.240 e. The zero-order chi connectivity index (χ0) is 14.4. The van der Waals surface area contributed by atoms with E-state index in [0.717, 1.165) is 6.42 Å². The van der Waals surface area contributed by atoms with Gasteiger partial charge < -0.3 is 11.1 Å². The molecule has 0 bridgehead atoms. The molecule has 0 aromatic heterocycles. The van der Waals surface area contributed by atoms with Crippen LogP contribution in [0.4, 0.5) is 4.39 Å². The fourth-order valence-corrected chi connectivity index (χ4v) is 1.79. The van der Waals surface area contributed by atoms with Gasteiger partial charge in [0.25, 0.3) is 0 Å². The standard InChI is InChI=1S/C14H19FN2O2/c1-3-9(2)13(14(16)19)17-12(18)8-10-5-4-6-11(15)7-10/h4-7,9,13H,3,8H2,1-2H3,(H2,16,19)(H,17,18)/t9-,13-/m0/s1. The second kappa shape index (κ2) is 6.87. The van der Waals surface area contributed by atoms with Crippen LogP contribution < -0.4 is 11.1 Å². The van der Waals surface area contributed by atoms with Crippen molar-refractivity contribution in [1.29, 1.82) is 0 Å². The van der Waals surface area contributed by atoms with E-state index in [1.165, 1.54) is 18.2 Å². The third-order valence-electron chi connectivity index (χ3n) is 3.09. The lowest BCUT2D eigenvalue weighted by Crippen LogP contribution is -2.48. The Labute approximate surface area is 112 Å². The summed E-state index contributed by atoms with van der Waals surface area (Å²) in [4.78, 5) is 23.1. The zero-order valence-corrected chi connectivity index (χ0v) is 11.2. The topological polar surface area (TPSA) is 72.2 Å². The minimum absolute atomic E-state index is 0.0258. The summed E-state index contributed by atoms with van der Waals surface area (Å²) < 4.78 is 13.0. The molecule has 3 N–H and O–H groups in total. The van der Waals surface area contributed by atoms with Gasteiger partial charge in [-0.25, -0.2) is 4.39 Å². The Bertz CT molecular complexity index is 463. The highest BCUT2D eigenvalue weighted by Crippen LogP contribution is 2.09. The number of hydrogen-bond donors (Lipinski definition) is 2. The molecule has 0 radical (unpaired) electrons.